The second kappa shape index (κ2) is 8.07. The fourth-order valence-electron chi connectivity index (χ4n) is 3.03. The molecule has 2 aromatic rings. The van der Waals surface area contributed by atoms with Crippen LogP contribution in [0.3, 0.4) is 0 Å². The number of nitrogens with zero attached hydrogens (tertiary/aromatic N) is 4. The predicted octanol–water partition coefficient (Wildman–Crippen LogP) is 1.86. The Bertz CT molecular complexity index is 725. The van der Waals surface area contributed by atoms with Crippen LogP contribution in [0.25, 0.3) is 0 Å². The lowest BCUT2D eigenvalue weighted by Crippen LogP contribution is -2.46. The summed E-state index contributed by atoms with van der Waals surface area (Å²) in [5.41, 5.74) is 2.68. The van der Waals surface area contributed by atoms with Crippen LogP contribution < -0.4 is 10.2 Å². The molecule has 1 aliphatic rings. The van der Waals surface area contributed by atoms with Gasteiger partial charge in [0.05, 0.1) is 0 Å². The zero-order valence-electron chi connectivity index (χ0n) is 14.9. The van der Waals surface area contributed by atoms with E-state index in [1.807, 2.05) is 25.1 Å². The van der Waals surface area contributed by atoms with E-state index in [4.69, 9.17) is 0 Å². The SMILES string of the molecule is CCN1CCN(c2cc(C(=O)NCc3cccc(C)c3)ncn2)CC1. The number of piperazine rings is 1. The number of aromatic nitrogens is 2. The molecule has 132 valence electrons. The van der Waals surface area contributed by atoms with Gasteiger partial charge in [-0.25, -0.2) is 9.97 Å². The molecule has 6 heteroatoms. The molecule has 0 atom stereocenters. The summed E-state index contributed by atoms with van der Waals surface area (Å²) in [7, 11) is 0. The summed E-state index contributed by atoms with van der Waals surface area (Å²) in [5, 5.41) is 2.93. The van der Waals surface area contributed by atoms with Crippen molar-refractivity contribution in [3.8, 4) is 0 Å². The van der Waals surface area contributed by atoms with E-state index >= 15 is 0 Å². The Morgan fingerprint density at radius 1 is 1.16 bits per heavy atom. The van der Waals surface area contributed by atoms with Crippen molar-refractivity contribution in [2.24, 2.45) is 0 Å². The summed E-state index contributed by atoms with van der Waals surface area (Å²) in [6, 6.07) is 9.90. The van der Waals surface area contributed by atoms with Crippen molar-refractivity contribution in [1.82, 2.24) is 20.2 Å². The standard InChI is InChI=1S/C19H25N5O/c1-3-23-7-9-24(10-8-23)18-12-17(21-14-22-18)19(25)20-13-16-6-4-5-15(2)11-16/h4-6,11-12,14H,3,7-10,13H2,1-2H3,(H,20,25). The van der Waals surface area contributed by atoms with Crippen molar-refractivity contribution >= 4 is 11.7 Å². The van der Waals surface area contributed by atoms with E-state index in [2.05, 4.69) is 38.1 Å². The molecule has 1 aromatic heterocycles. The minimum atomic E-state index is -0.169. The molecule has 6 nitrogen and oxygen atoms in total. The van der Waals surface area contributed by atoms with Gasteiger partial charge in [-0.1, -0.05) is 36.8 Å². The zero-order valence-corrected chi connectivity index (χ0v) is 14.9. The second-order valence-electron chi connectivity index (χ2n) is 6.35. The largest absolute Gasteiger partial charge is 0.354 e. The first kappa shape index (κ1) is 17.4. The fourth-order valence-corrected chi connectivity index (χ4v) is 3.03. The molecule has 0 radical (unpaired) electrons. The Hall–Kier alpha value is -2.47. The highest BCUT2D eigenvalue weighted by Gasteiger charge is 2.18. The molecule has 25 heavy (non-hydrogen) atoms. The van der Waals surface area contributed by atoms with Gasteiger partial charge >= 0.3 is 0 Å². The zero-order chi connectivity index (χ0) is 17.6. The van der Waals surface area contributed by atoms with Gasteiger partial charge in [0, 0.05) is 38.8 Å². The minimum absolute atomic E-state index is 0.169. The molecule has 1 aliphatic heterocycles. The number of rotatable bonds is 5. The third-order valence-corrected chi connectivity index (χ3v) is 4.56. The molecule has 1 N–H and O–H groups in total. The van der Waals surface area contributed by atoms with E-state index in [0.29, 0.717) is 12.2 Å². The van der Waals surface area contributed by atoms with Crippen LogP contribution in [0.2, 0.25) is 0 Å². The van der Waals surface area contributed by atoms with Crippen LogP contribution in [0.1, 0.15) is 28.5 Å². The van der Waals surface area contributed by atoms with E-state index in [1.54, 1.807) is 6.07 Å². The van der Waals surface area contributed by atoms with Gasteiger partial charge in [0.1, 0.15) is 17.8 Å². The molecule has 0 bridgehead atoms. The maximum atomic E-state index is 12.4. The van der Waals surface area contributed by atoms with Crippen LogP contribution in [0.15, 0.2) is 36.7 Å². The summed E-state index contributed by atoms with van der Waals surface area (Å²) < 4.78 is 0. The molecule has 3 rings (SSSR count). The number of nitrogens with one attached hydrogen (secondary N) is 1. The molecule has 0 spiro atoms. The first-order valence-corrected chi connectivity index (χ1v) is 8.79. The highest BCUT2D eigenvalue weighted by atomic mass is 16.1. The summed E-state index contributed by atoms with van der Waals surface area (Å²) >= 11 is 0. The van der Waals surface area contributed by atoms with Crippen molar-refractivity contribution in [2.75, 3.05) is 37.6 Å². The van der Waals surface area contributed by atoms with Crippen LogP contribution >= 0.6 is 0 Å². The quantitative estimate of drug-likeness (QED) is 0.901. The fraction of sp³-hybridized carbons (Fsp3) is 0.421. The van der Waals surface area contributed by atoms with Gasteiger partial charge in [0.15, 0.2) is 0 Å². The van der Waals surface area contributed by atoms with Crippen LogP contribution in [0, 0.1) is 6.92 Å². The number of amides is 1. The van der Waals surface area contributed by atoms with Gasteiger partial charge in [-0.05, 0) is 19.0 Å². The van der Waals surface area contributed by atoms with E-state index in [0.717, 1.165) is 44.1 Å². The molecule has 0 unspecified atom stereocenters. The Labute approximate surface area is 148 Å². The number of likely N-dealkylation sites (N-methyl/N-ethyl adjacent to an activating group) is 1. The van der Waals surface area contributed by atoms with Crippen molar-refractivity contribution in [3.63, 3.8) is 0 Å². The topological polar surface area (TPSA) is 61.4 Å². The lowest BCUT2D eigenvalue weighted by atomic mass is 10.1. The maximum Gasteiger partial charge on any atom is 0.270 e. The Morgan fingerprint density at radius 2 is 1.96 bits per heavy atom. The number of carbonyl (C=O) groups excluding carboxylic acids is 1. The molecular weight excluding hydrogens is 314 g/mol. The number of hydrogen-bond donors (Lipinski definition) is 1. The maximum absolute atomic E-state index is 12.4. The second-order valence-corrected chi connectivity index (χ2v) is 6.35. The molecule has 0 aliphatic carbocycles. The first-order chi connectivity index (χ1) is 12.2. The minimum Gasteiger partial charge on any atom is -0.354 e. The van der Waals surface area contributed by atoms with E-state index < -0.39 is 0 Å². The summed E-state index contributed by atoms with van der Waals surface area (Å²) in [4.78, 5) is 25.5. The van der Waals surface area contributed by atoms with E-state index in [1.165, 1.54) is 11.9 Å². The van der Waals surface area contributed by atoms with Gasteiger partial charge in [0.25, 0.3) is 5.91 Å². The van der Waals surface area contributed by atoms with Gasteiger partial charge in [-0.2, -0.15) is 0 Å². The number of aryl methyl sites for hydroxylation is 1. The average Bonchev–Trinajstić information content (AvgIpc) is 2.66. The van der Waals surface area contributed by atoms with Gasteiger partial charge in [-0.3, -0.25) is 4.79 Å². The first-order valence-electron chi connectivity index (χ1n) is 8.79. The number of hydrogen-bond acceptors (Lipinski definition) is 5. The molecule has 1 amide bonds. The molecule has 0 saturated carbocycles. The third kappa shape index (κ3) is 4.54. The Balaban J connectivity index is 1.61. The molecular formula is C19H25N5O. The van der Waals surface area contributed by atoms with Crippen molar-refractivity contribution in [3.05, 3.63) is 53.5 Å². The predicted molar refractivity (Wildman–Crippen MR) is 98.7 cm³/mol. The normalized spacial score (nSPS) is 15.2. The van der Waals surface area contributed by atoms with Crippen molar-refractivity contribution in [1.29, 1.82) is 0 Å². The van der Waals surface area contributed by atoms with E-state index in [9.17, 15) is 4.79 Å². The van der Waals surface area contributed by atoms with Crippen molar-refractivity contribution < 1.29 is 4.79 Å². The van der Waals surface area contributed by atoms with Gasteiger partial charge in [-0.15, -0.1) is 0 Å². The van der Waals surface area contributed by atoms with Gasteiger partial charge in [0.2, 0.25) is 0 Å². The Kier molecular flexibility index (Phi) is 5.60. The molecule has 1 fully saturated rings. The monoisotopic (exact) mass is 339 g/mol. The van der Waals surface area contributed by atoms with Crippen LogP contribution in [-0.4, -0.2) is 53.5 Å². The molecule has 2 heterocycles. The summed E-state index contributed by atoms with van der Waals surface area (Å²) in [5.74, 6) is 0.656. The summed E-state index contributed by atoms with van der Waals surface area (Å²) in [6.07, 6.45) is 1.48. The van der Waals surface area contributed by atoms with Crippen LogP contribution in [-0.2, 0) is 6.54 Å². The molecule has 1 aromatic carbocycles. The highest BCUT2D eigenvalue weighted by Crippen LogP contribution is 2.14. The lowest BCUT2D eigenvalue weighted by molar-refractivity contribution is 0.0945. The molecule has 1 saturated heterocycles. The number of benzene rings is 1. The van der Waals surface area contributed by atoms with Crippen LogP contribution in [0.5, 0.6) is 0 Å². The number of anilines is 1. The van der Waals surface area contributed by atoms with Gasteiger partial charge < -0.3 is 15.1 Å². The number of carbonyl (C=O) groups is 1. The van der Waals surface area contributed by atoms with Crippen molar-refractivity contribution in [2.45, 2.75) is 20.4 Å². The highest BCUT2D eigenvalue weighted by molar-refractivity contribution is 5.92. The smallest absolute Gasteiger partial charge is 0.270 e. The third-order valence-electron chi connectivity index (χ3n) is 4.56. The Morgan fingerprint density at radius 3 is 2.68 bits per heavy atom. The van der Waals surface area contributed by atoms with E-state index in [-0.39, 0.29) is 5.91 Å². The van der Waals surface area contributed by atoms with Crippen LogP contribution in [0.4, 0.5) is 5.82 Å². The lowest BCUT2D eigenvalue weighted by Gasteiger charge is -2.34. The average molecular weight is 339 g/mol. The summed E-state index contributed by atoms with van der Waals surface area (Å²) in [6.45, 7) is 9.69.